The first kappa shape index (κ1) is 20.6. The van der Waals surface area contributed by atoms with Crippen LogP contribution in [0.15, 0.2) is 73.1 Å². The molecule has 2 heterocycles. The van der Waals surface area contributed by atoms with Crippen LogP contribution in [0, 0.1) is 6.92 Å². The van der Waals surface area contributed by atoms with Crippen molar-refractivity contribution in [3.8, 4) is 5.75 Å². The number of pyridine rings is 1. The first-order valence-electron chi connectivity index (χ1n) is 10.5. The van der Waals surface area contributed by atoms with E-state index in [1.54, 1.807) is 24.5 Å². The van der Waals surface area contributed by atoms with E-state index in [0.717, 1.165) is 42.0 Å². The molecule has 0 saturated carbocycles. The summed E-state index contributed by atoms with van der Waals surface area (Å²) in [5.74, 6) is 1.63. The molecule has 0 fully saturated rings. The van der Waals surface area contributed by atoms with Gasteiger partial charge in [-0.2, -0.15) is 0 Å². The lowest BCUT2D eigenvalue weighted by atomic mass is 10.2. The van der Waals surface area contributed by atoms with Crippen LogP contribution in [-0.4, -0.2) is 27.0 Å². The molecule has 0 aliphatic rings. The molecule has 158 valence electrons. The number of aromatic nitrogens is 3. The number of unbranched alkanes of at least 4 members (excludes halogenated alkanes) is 1. The lowest BCUT2D eigenvalue weighted by Gasteiger charge is -2.11. The van der Waals surface area contributed by atoms with Crippen LogP contribution < -0.4 is 10.1 Å². The van der Waals surface area contributed by atoms with Gasteiger partial charge in [-0.05, 0) is 61.7 Å². The summed E-state index contributed by atoms with van der Waals surface area (Å²) in [4.78, 5) is 21.1. The van der Waals surface area contributed by atoms with Crippen LogP contribution in [0.4, 0.5) is 0 Å². The van der Waals surface area contributed by atoms with Crippen molar-refractivity contribution in [2.45, 2.75) is 32.9 Å². The summed E-state index contributed by atoms with van der Waals surface area (Å²) in [6, 6.07) is 19.6. The summed E-state index contributed by atoms with van der Waals surface area (Å²) in [6.07, 6.45) is 5.12. The highest BCUT2D eigenvalue weighted by Gasteiger charge is 2.12. The highest BCUT2D eigenvalue weighted by Crippen LogP contribution is 2.18. The number of aryl methyl sites for hydroxylation is 2. The predicted octanol–water partition coefficient (Wildman–Crippen LogP) is 4.53. The molecule has 4 rings (SSSR count). The van der Waals surface area contributed by atoms with Gasteiger partial charge in [0.1, 0.15) is 11.6 Å². The number of nitrogens with one attached hydrogen (secondary N) is 1. The molecule has 0 radical (unpaired) electrons. The van der Waals surface area contributed by atoms with Crippen molar-refractivity contribution in [1.29, 1.82) is 0 Å². The van der Waals surface area contributed by atoms with Gasteiger partial charge in [0.05, 0.1) is 24.2 Å². The second kappa shape index (κ2) is 9.89. The molecule has 0 unspecified atom stereocenters. The predicted molar refractivity (Wildman–Crippen MR) is 121 cm³/mol. The van der Waals surface area contributed by atoms with E-state index in [4.69, 9.17) is 9.72 Å². The molecule has 1 amide bonds. The Morgan fingerprint density at radius 2 is 1.87 bits per heavy atom. The van der Waals surface area contributed by atoms with Gasteiger partial charge in [-0.1, -0.05) is 24.3 Å². The average molecular weight is 415 g/mol. The van der Waals surface area contributed by atoms with E-state index in [1.165, 1.54) is 5.56 Å². The van der Waals surface area contributed by atoms with Crippen molar-refractivity contribution in [3.05, 3.63) is 90.0 Å². The number of para-hydroxylation sites is 2. The molecule has 0 bridgehead atoms. The molecule has 0 aliphatic carbocycles. The van der Waals surface area contributed by atoms with Crippen LogP contribution in [0.2, 0.25) is 0 Å². The Kier molecular flexibility index (Phi) is 6.57. The molecule has 6 nitrogen and oxygen atoms in total. The Hall–Kier alpha value is -3.67. The Labute approximate surface area is 181 Å². The monoisotopic (exact) mass is 414 g/mol. The summed E-state index contributed by atoms with van der Waals surface area (Å²) in [5, 5.41) is 2.97. The minimum atomic E-state index is -0.132. The van der Waals surface area contributed by atoms with Crippen LogP contribution in [0.1, 0.15) is 34.6 Å². The minimum Gasteiger partial charge on any atom is -0.494 e. The van der Waals surface area contributed by atoms with E-state index >= 15 is 0 Å². The third-order valence-electron chi connectivity index (χ3n) is 5.12. The van der Waals surface area contributed by atoms with Gasteiger partial charge in [0.15, 0.2) is 0 Å². The first-order valence-corrected chi connectivity index (χ1v) is 10.5. The number of imidazole rings is 1. The molecular weight excluding hydrogens is 388 g/mol. The molecule has 2 aromatic heterocycles. The SMILES string of the molecule is Cc1cccc(OCCCCn2c(CNC(=O)c3ccncc3)nc3ccccc32)c1. The molecule has 0 saturated heterocycles. The third kappa shape index (κ3) is 5.28. The van der Waals surface area contributed by atoms with E-state index in [1.807, 2.05) is 36.4 Å². The molecule has 0 spiro atoms. The van der Waals surface area contributed by atoms with Crippen LogP contribution >= 0.6 is 0 Å². The lowest BCUT2D eigenvalue weighted by Crippen LogP contribution is -2.24. The Balaban J connectivity index is 1.37. The van der Waals surface area contributed by atoms with Gasteiger partial charge < -0.3 is 14.6 Å². The molecular formula is C25H26N4O2. The van der Waals surface area contributed by atoms with Crippen molar-refractivity contribution in [2.75, 3.05) is 6.61 Å². The van der Waals surface area contributed by atoms with Gasteiger partial charge in [0, 0.05) is 24.5 Å². The van der Waals surface area contributed by atoms with Crippen LogP contribution in [0.25, 0.3) is 11.0 Å². The number of nitrogens with zero attached hydrogens (tertiary/aromatic N) is 3. The minimum absolute atomic E-state index is 0.132. The van der Waals surface area contributed by atoms with Gasteiger partial charge >= 0.3 is 0 Å². The van der Waals surface area contributed by atoms with E-state index in [2.05, 4.69) is 33.9 Å². The van der Waals surface area contributed by atoms with Crippen LogP contribution in [0.3, 0.4) is 0 Å². The summed E-state index contributed by atoms with van der Waals surface area (Å²) in [5.41, 5.74) is 3.80. The van der Waals surface area contributed by atoms with Gasteiger partial charge in [0.25, 0.3) is 5.91 Å². The van der Waals surface area contributed by atoms with Crippen molar-refractivity contribution < 1.29 is 9.53 Å². The number of amides is 1. The maximum absolute atomic E-state index is 12.4. The number of carbonyl (C=O) groups excluding carboxylic acids is 1. The second-order valence-electron chi connectivity index (χ2n) is 7.46. The van der Waals surface area contributed by atoms with Crippen molar-refractivity contribution in [2.24, 2.45) is 0 Å². The normalized spacial score (nSPS) is 10.9. The number of benzene rings is 2. The number of hydrogen-bond acceptors (Lipinski definition) is 4. The van der Waals surface area contributed by atoms with Crippen molar-refractivity contribution >= 4 is 16.9 Å². The van der Waals surface area contributed by atoms with Gasteiger partial charge in [-0.15, -0.1) is 0 Å². The smallest absolute Gasteiger partial charge is 0.251 e. The third-order valence-corrected chi connectivity index (χ3v) is 5.12. The summed E-state index contributed by atoms with van der Waals surface area (Å²) < 4.78 is 8.05. The van der Waals surface area contributed by atoms with Gasteiger partial charge in [-0.3, -0.25) is 9.78 Å². The number of ether oxygens (including phenoxy) is 1. The Morgan fingerprint density at radius 1 is 1.03 bits per heavy atom. The standard InChI is InChI=1S/C25H26N4O2/c1-19-7-6-8-21(17-19)31-16-5-4-15-29-23-10-3-2-9-22(23)28-24(29)18-27-25(30)20-11-13-26-14-12-20/h2-3,6-14,17H,4-5,15-16,18H2,1H3,(H,27,30). The Bertz CT molecular complexity index is 1150. The fourth-order valence-electron chi connectivity index (χ4n) is 3.54. The number of carbonyl (C=O) groups is 1. The number of fused-ring (bicyclic) bond motifs is 1. The zero-order chi connectivity index (χ0) is 21.5. The second-order valence-corrected chi connectivity index (χ2v) is 7.46. The molecule has 31 heavy (non-hydrogen) atoms. The molecule has 0 aliphatic heterocycles. The fourth-order valence-corrected chi connectivity index (χ4v) is 3.54. The van der Waals surface area contributed by atoms with E-state index < -0.39 is 0 Å². The summed E-state index contributed by atoms with van der Waals surface area (Å²) >= 11 is 0. The maximum Gasteiger partial charge on any atom is 0.251 e. The van der Waals surface area contributed by atoms with Gasteiger partial charge in [-0.25, -0.2) is 4.98 Å². The topological polar surface area (TPSA) is 69.0 Å². The van der Waals surface area contributed by atoms with Crippen molar-refractivity contribution in [3.63, 3.8) is 0 Å². The number of rotatable bonds is 9. The molecule has 1 N–H and O–H groups in total. The van der Waals surface area contributed by atoms with Crippen LogP contribution in [-0.2, 0) is 13.1 Å². The maximum atomic E-state index is 12.4. The molecule has 2 aromatic carbocycles. The van der Waals surface area contributed by atoms with Gasteiger partial charge in [0.2, 0.25) is 0 Å². The summed E-state index contributed by atoms with van der Waals surface area (Å²) in [6.45, 7) is 3.92. The Morgan fingerprint density at radius 3 is 2.71 bits per heavy atom. The number of hydrogen-bond donors (Lipinski definition) is 1. The zero-order valence-corrected chi connectivity index (χ0v) is 17.6. The van der Waals surface area contributed by atoms with Crippen LogP contribution in [0.5, 0.6) is 5.75 Å². The largest absolute Gasteiger partial charge is 0.494 e. The quantitative estimate of drug-likeness (QED) is 0.409. The van der Waals surface area contributed by atoms with E-state index in [0.29, 0.717) is 18.7 Å². The summed E-state index contributed by atoms with van der Waals surface area (Å²) in [7, 11) is 0. The highest BCUT2D eigenvalue weighted by atomic mass is 16.5. The first-order chi connectivity index (χ1) is 15.2. The molecule has 0 atom stereocenters. The lowest BCUT2D eigenvalue weighted by molar-refractivity contribution is 0.0949. The molecule has 4 aromatic rings. The molecule has 6 heteroatoms. The highest BCUT2D eigenvalue weighted by molar-refractivity contribution is 5.93. The fraction of sp³-hybridized carbons (Fsp3) is 0.240. The van der Waals surface area contributed by atoms with Crippen molar-refractivity contribution in [1.82, 2.24) is 19.9 Å². The van der Waals surface area contributed by atoms with E-state index in [9.17, 15) is 4.79 Å². The average Bonchev–Trinajstić information content (AvgIpc) is 3.15. The van der Waals surface area contributed by atoms with E-state index in [-0.39, 0.29) is 5.91 Å². The zero-order valence-electron chi connectivity index (χ0n) is 17.6.